The number of hydrogen-bond acceptors (Lipinski definition) is 3. The minimum Gasteiger partial charge on any atom is -0.458 e. The molecular formula is C27H41FN2O. The van der Waals surface area contributed by atoms with Gasteiger partial charge in [-0.15, -0.1) is 0 Å². The summed E-state index contributed by atoms with van der Waals surface area (Å²) < 4.78 is 20.3. The predicted molar refractivity (Wildman–Crippen MR) is 128 cm³/mol. The summed E-state index contributed by atoms with van der Waals surface area (Å²) in [5, 5.41) is 0. The fourth-order valence-corrected chi connectivity index (χ4v) is 3.76. The average Bonchev–Trinajstić information content (AvgIpc) is 2.77. The summed E-state index contributed by atoms with van der Waals surface area (Å²) in [4.78, 5) is 9.04. The van der Waals surface area contributed by atoms with Crippen molar-refractivity contribution < 1.29 is 9.13 Å². The predicted octanol–water partition coefficient (Wildman–Crippen LogP) is 8.47. The number of aryl methyl sites for hydroxylation is 1. The van der Waals surface area contributed by atoms with Crippen molar-refractivity contribution in [3.63, 3.8) is 0 Å². The molecule has 0 fully saturated rings. The molecule has 1 atom stereocenters. The van der Waals surface area contributed by atoms with Gasteiger partial charge in [-0.3, -0.25) is 0 Å². The van der Waals surface area contributed by atoms with E-state index in [0.29, 0.717) is 18.0 Å². The van der Waals surface area contributed by atoms with Crippen LogP contribution in [-0.2, 0) is 6.42 Å². The van der Waals surface area contributed by atoms with E-state index < -0.39 is 5.85 Å². The number of halogens is 1. The van der Waals surface area contributed by atoms with Gasteiger partial charge in [0.25, 0.3) is 0 Å². The van der Waals surface area contributed by atoms with Gasteiger partial charge in [0.05, 0.1) is 0 Å². The summed E-state index contributed by atoms with van der Waals surface area (Å²) in [5.41, 5.74) is 2.10. The minimum absolute atomic E-state index is 0.418. The number of alkyl halides is 1. The summed E-state index contributed by atoms with van der Waals surface area (Å²) in [6, 6.07) is 7.40. The topological polar surface area (TPSA) is 35.0 Å². The molecule has 2 rings (SSSR count). The van der Waals surface area contributed by atoms with Gasteiger partial charge < -0.3 is 4.74 Å². The molecule has 172 valence electrons. The van der Waals surface area contributed by atoms with E-state index in [2.05, 4.69) is 23.8 Å². The first-order valence-corrected chi connectivity index (χ1v) is 12.3. The van der Waals surface area contributed by atoms with Crippen LogP contribution >= 0.6 is 0 Å². The van der Waals surface area contributed by atoms with Crippen molar-refractivity contribution >= 4 is 0 Å². The van der Waals surface area contributed by atoms with Crippen LogP contribution in [0.4, 0.5) is 4.39 Å². The molecule has 4 heteroatoms. The van der Waals surface area contributed by atoms with Gasteiger partial charge in [0.15, 0.2) is 5.82 Å². The number of aromatic nitrogens is 2. The van der Waals surface area contributed by atoms with Crippen molar-refractivity contribution in [1.29, 1.82) is 0 Å². The Morgan fingerprint density at radius 1 is 0.774 bits per heavy atom. The maximum atomic E-state index is 14.7. The maximum absolute atomic E-state index is 14.7. The molecular weight excluding hydrogens is 387 g/mol. The molecule has 0 amide bonds. The third-order valence-electron chi connectivity index (χ3n) is 5.69. The zero-order valence-corrected chi connectivity index (χ0v) is 19.8. The lowest BCUT2D eigenvalue weighted by molar-refractivity contribution is -0.0530. The summed E-state index contributed by atoms with van der Waals surface area (Å²) >= 11 is 0. The lowest BCUT2D eigenvalue weighted by atomic mass is 10.1. The van der Waals surface area contributed by atoms with Crippen molar-refractivity contribution in [3.05, 3.63) is 42.2 Å². The molecule has 1 aromatic heterocycles. The molecule has 0 spiro atoms. The standard InChI is InChI=1S/C27H41FN2O/c1-4-6-8-10-11-13-15-23-21-29-26(30-22-23)24-16-18-25(19-17-24)31-27(3,28)20-14-12-9-7-5-2/h16-19,21-22H,4-15,20H2,1-3H3. The van der Waals surface area contributed by atoms with Crippen LogP contribution in [0.15, 0.2) is 36.7 Å². The number of nitrogens with zero attached hydrogens (tertiary/aromatic N) is 2. The highest BCUT2D eigenvalue weighted by molar-refractivity contribution is 5.55. The third kappa shape index (κ3) is 10.3. The SMILES string of the molecule is CCCCCCCCc1cnc(-c2ccc(OC(C)(F)CCCCCCC)cc2)nc1. The van der Waals surface area contributed by atoms with Crippen LogP contribution in [0.1, 0.15) is 103 Å². The van der Waals surface area contributed by atoms with E-state index >= 15 is 0 Å². The molecule has 0 aliphatic rings. The molecule has 0 saturated carbocycles. The Hall–Kier alpha value is -1.97. The van der Waals surface area contributed by atoms with E-state index in [0.717, 1.165) is 24.8 Å². The number of benzene rings is 1. The molecule has 1 heterocycles. The molecule has 0 aliphatic heterocycles. The second kappa shape index (κ2) is 14.2. The molecule has 0 radical (unpaired) electrons. The van der Waals surface area contributed by atoms with Gasteiger partial charge in [-0.05, 0) is 49.1 Å². The molecule has 0 N–H and O–H groups in total. The van der Waals surface area contributed by atoms with Crippen molar-refractivity contribution in [2.75, 3.05) is 0 Å². The van der Waals surface area contributed by atoms with Crippen molar-refractivity contribution in [1.82, 2.24) is 9.97 Å². The van der Waals surface area contributed by atoms with Crippen LogP contribution in [0.5, 0.6) is 5.75 Å². The van der Waals surface area contributed by atoms with E-state index in [-0.39, 0.29) is 0 Å². The summed E-state index contributed by atoms with van der Waals surface area (Å²) in [6.45, 7) is 5.95. The second-order valence-corrected chi connectivity index (χ2v) is 8.83. The number of hydrogen-bond donors (Lipinski definition) is 0. The summed E-state index contributed by atoms with van der Waals surface area (Å²) in [7, 11) is 0. The highest BCUT2D eigenvalue weighted by atomic mass is 19.2. The first-order valence-electron chi connectivity index (χ1n) is 12.3. The van der Waals surface area contributed by atoms with Crippen LogP contribution in [0.25, 0.3) is 11.4 Å². The second-order valence-electron chi connectivity index (χ2n) is 8.83. The van der Waals surface area contributed by atoms with Crippen LogP contribution < -0.4 is 4.74 Å². The van der Waals surface area contributed by atoms with E-state index in [9.17, 15) is 4.39 Å². The number of ether oxygens (including phenoxy) is 1. The molecule has 3 nitrogen and oxygen atoms in total. The quantitative estimate of drug-likeness (QED) is 0.251. The molecule has 1 aromatic carbocycles. The Kier molecular flexibility index (Phi) is 11.6. The Labute approximate surface area is 188 Å². The first kappa shape index (κ1) is 25.3. The largest absolute Gasteiger partial charge is 0.458 e. The minimum atomic E-state index is -1.64. The Bertz CT molecular complexity index is 713. The molecule has 31 heavy (non-hydrogen) atoms. The monoisotopic (exact) mass is 428 g/mol. The Morgan fingerprint density at radius 2 is 1.32 bits per heavy atom. The number of unbranched alkanes of at least 4 members (excludes halogenated alkanes) is 9. The normalized spacial score (nSPS) is 13.2. The highest BCUT2D eigenvalue weighted by Crippen LogP contribution is 2.27. The van der Waals surface area contributed by atoms with Gasteiger partial charge >= 0.3 is 0 Å². The first-order chi connectivity index (χ1) is 15.0. The Balaban J connectivity index is 1.79. The summed E-state index contributed by atoms with van der Waals surface area (Å²) in [6.07, 6.45) is 18.5. The van der Waals surface area contributed by atoms with Gasteiger partial charge in [0, 0.05) is 31.3 Å². The van der Waals surface area contributed by atoms with Crippen molar-refractivity contribution in [2.45, 2.75) is 110 Å². The van der Waals surface area contributed by atoms with Gasteiger partial charge in [0.1, 0.15) is 5.75 Å². The lowest BCUT2D eigenvalue weighted by Gasteiger charge is -2.22. The highest BCUT2D eigenvalue weighted by Gasteiger charge is 2.24. The van der Waals surface area contributed by atoms with Crippen LogP contribution in [0, 0.1) is 0 Å². The average molecular weight is 429 g/mol. The van der Waals surface area contributed by atoms with E-state index in [4.69, 9.17) is 4.74 Å². The van der Waals surface area contributed by atoms with E-state index in [1.54, 1.807) is 12.1 Å². The van der Waals surface area contributed by atoms with Crippen molar-refractivity contribution in [3.8, 4) is 17.1 Å². The maximum Gasteiger partial charge on any atom is 0.245 e. The van der Waals surface area contributed by atoms with Crippen molar-refractivity contribution in [2.24, 2.45) is 0 Å². The summed E-state index contributed by atoms with van der Waals surface area (Å²) in [5.74, 6) is -0.401. The van der Waals surface area contributed by atoms with Gasteiger partial charge in [-0.2, -0.15) is 4.39 Å². The number of rotatable bonds is 16. The molecule has 0 saturated heterocycles. The molecule has 2 aromatic rings. The van der Waals surface area contributed by atoms with Gasteiger partial charge in [0.2, 0.25) is 5.85 Å². The lowest BCUT2D eigenvalue weighted by Crippen LogP contribution is -2.26. The molecule has 0 bridgehead atoms. The van der Waals surface area contributed by atoms with Crippen LogP contribution in [0.2, 0.25) is 0 Å². The van der Waals surface area contributed by atoms with Crippen LogP contribution in [-0.4, -0.2) is 15.8 Å². The Morgan fingerprint density at radius 3 is 1.94 bits per heavy atom. The zero-order chi connectivity index (χ0) is 22.4. The zero-order valence-electron chi connectivity index (χ0n) is 19.8. The van der Waals surface area contributed by atoms with E-state index in [1.165, 1.54) is 70.3 Å². The third-order valence-corrected chi connectivity index (χ3v) is 5.69. The smallest absolute Gasteiger partial charge is 0.245 e. The molecule has 1 unspecified atom stereocenters. The fraction of sp³-hybridized carbons (Fsp3) is 0.630. The van der Waals surface area contributed by atoms with Gasteiger partial charge in [-0.25, -0.2) is 9.97 Å². The van der Waals surface area contributed by atoms with E-state index in [1.807, 2.05) is 24.5 Å². The van der Waals surface area contributed by atoms with Crippen LogP contribution in [0.3, 0.4) is 0 Å². The molecule has 0 aliphatic carbocycles. The van der Waals surface area contributed by atoms with Gasteiger partial charge in [-0.1, -0.05) is 71.6 Å². The fourth-order valence-electron chi connectivity index (χ4n) is 3.76.